The van der Waals surface area contributed by atoms with Crippen molar-refractivity contribution in [3.8, 4) is 17.6 Å². The first kappa shape index (κ1) is 21.7. The van der Waals surface area contributed by atoms with E-state index in [2.05, 4.69) is 29.3 Å². The van der Waals surface area contributed by atoms with Crippen molar-refractivity contribution >= 4 is 5.91 Å². The molecule has 4 rings (SSSR count). The van der Waals surface area contributed by atoms with Crippen LogP contribution in [0.15, 0.2) is 84.9 Å². The maximum atomic E-state index is 12.9. The fourth-order valence-electron chi connectivity index (χ4n) is 3.93. The predicted molar refractivity (Wildman–Crippen MR) is 127 cm³/mol. The van der Waals surface area contributed by atoms with Crippen LogP contribution in [-0.2, 0) is 6.54 Å². The van der Waals surface area contributed by atoms with Crippen molar-refractivity contribution in [2.45, 2.75) is 24.9 Å². The fourth-order valence-corrected chi connectivity index (χ4v) is 3.93. The number of hydrogen-bond donors (Lipinski definition) is 1. The van der Waals surface area contributed by atoms with Crippen LogP contribution in [0.25, 0.3) is 0 Å². The van der Waals surface area contributed by atoms with Crippen molar-refractivity contribution < 1.29 is 9.53 Å². The van der Waals surface area contributed by atoms with E-state index in [-0.39, 0.29) is 11.4 Å². The molecular weight excluding hydrogens is 396 g/mol. The van der Waals surface area contributed by atoms with E-state index in [1.807, 2.05) is 77.7 Å². The summed E-state index contributed by atoms with van der Waals surface area (Å²) in [6, 6.07) is 27.6. The minimum atomic E-state index is -0.344. The van der Waals surface area contributed by atoms with Gasteiger partial charge in [0.2, 0.25) is 0 Å². The molecule has 1 amide bonds. The summed E-state index contributed by atoms with van der Waals surface area (Å²) < 4.78 is 5.26. The molecule has 4 heteroatoms. The lowest BCUT2D eigenvalue weighted by Crippen LogP contribution is -2.53. The van der Waals surface area contributed by atoms with Crippen LogP contribution in [0.1, 0.15) is 34.3 Å². The number of ether oxygens (including phenoxy) is 1. The van der Waals surface area contributed by atoms with Crippen molar-refractivity contribution in [3.05, 3.63) is 102 Å². The Balaban J connectivity index is 1.49. The van der Waals surface area contributed by atoms with Crippen molar-refractivity contribution in [1.82, 2.24) is 10.2 Å². The fraction of sp³-hybridized carbons (Fsp3) is 0.250. The van der Waals surface area contributed by atoms with E-state index in [9.17, 15) is 4.79 Å². The van der Waals surface area contributed by atoms with Crippen LogP contribution < -0.4 is 10.1 Å². The molecule has 3 aromatic carbocycles. The van der Waals surface area contributed by atoms with Crippen LogP contribution in [0.3, 0.4) is 0 Å². The molecule has 0 unspecified atom stereocenters. The monoisotopic (exact) mass is 424 g/mol. The standard InChI is InChI=1S/C28H28N2O2/c1-32-26-14-12-24(13-15-26)22-29-28(17-16-23-8-4-2-5-9-23)18-20-30(21-19-28)27(31)25-10-6-3-7-11-25/h2-15,29H,18-22H2,1H3. The average molecular weight is 425 g/mol. The minimum absolute atomic E-state index is 0.0883. The van der Waals surface area contributed by atoms with E-state index < -0.39 is 0 Å². The Kier molecular flexibility index (Phi) is 6.89. The van der Waals surface area contributed by atoms with Gasteiger partial charge in [-0.3, -0.25) is 10.1 Å². The van der Waals surface area contributed by atoms with Gasteiger partial charge in [0.25, 0.3) is 5.91 Å². The van der Waals surface area contributed by atoms with Gasteiger partial charge in [0, 0.05) is 30.8 Å². The van der Waals surface area contributed by atoms with Gasteiger partial charge in [0.15, 0.2) is 0 Å². The zero-order valence-electron chi connectivity index (χ0n) is 18.4. The number of nitrogens with zero attached hydrogens (tertiary/aromatic N) is 1. The largest absolute Gasteiger partial charge is 0.497 e. The minimum Gasteiger partial charge on any atom is -0.497 e. The second kappa shape index (κ2) is 10.2. The molecule has 0 spiro atoms. The number of amides is 1. The van der Waals surface area contributed by atoms with E-state index >= 15 is 0 Å². The van der Waals surface area contributed by atoms with Crippen molar-refractivity contribution in [2.75, 3.05) is 20.2 Å². The average Bonchev–Trinajstić information content (AvgIpc) is 2.88. The first-order valence-electron chi connectivity index (χ1n) is 11.0. The quantitative estimate of drug-likeness (QED) is 0.613. The third-order valence-electron chi connectivity index (χ3n) is 5.93. The Bertz CT molecular complexity index is 1080. The third kappa shape index (κ3) is 5.38. The molecule has 0 atom stereocenters. The van der Waals surface area contributed by atoms with E-state index in [4.69, 9.17) is 4.74 Å². The summed E-state index contributed by atoms with van der Waals surface area (Å²) in [6.45, 7) is 2.06. The molecule has 0 aromatic heterocycles. The molecule has 1 heterocycles. The maximum absolute atomic E-state index is 12.9. The molecule has 0 aliphatic carbocycles. The molecule has 0 radical (unpaired) electrons. The highest BCUT2D eigenvalue weighted by Gasteiger charge is 2.34. The third-order valence-corrected chi connectivity index (χ3v) is 5.93. The molecule has 4 nitrogen and oxygen atoms in total. The molecule has 3 aromatic rings. The van der Waals surface area contributed by atoms with E-state index in [1.165, 1.54) is 5.56 Å². The highest BCUT2D eigenvalue weighted by Crippen LogP contribution is 2.24. The number of likely N-dealkylation sites (tertiary alicyclic amines) is 1. The highest BCUT2D eigenvalue weighted by atomic mass is 16.5. The zero-order chi connectivity index (χ0) is 22.2. The lowest BCUT2D eigenvalue weighted by molar-refractivity contribution is 0.0678. The van der Waals surface area contributed by atoms with Gasteiger partial charge in [-0.2, -0.15) is 0 Å². The Hall–Kier alpha value is -3.55. The summed E-state index contributed by atoms with van der Waals surface area (Å²) in [5.41, 5.74) is 2.57. The van der Waals surface area contributed by atoms with Gasteiger partial charge in [-0.05, 0) is 54.8 Å². The second-order valence-electron chi connectivity index (χ2n) is 8.06. The molecule has 1 fully saturated rings. The van der Waals surface area contributed by atoms with Crippen LogP contribution in [0, 0.1) is 11.8 Å². The first-order chi connectivity index (χ1) is 15.7. The van der Waals surface area contributed by atoms with Gasteiger partial charge >= 0.3 is 0 Å². The van der Waals surface area contributed by atoms with Crippen LogP contribution in [0.5, 0.6) is 5.75 Å². The Morgan fingerprint density at radius 1 is 0.938 bits per heavy atom. The van der Waals surface area contributed by atoms with Gasteiger partial charge in [-0.1, -0.05) is 60.4 Å². The number of nitrogens with one attached hydrogen (secondary N) is 1. The molecule has 0 bridgehead atoms. The summed E-state index contributed by atoms with van der Waals surface area (Å²) in [6.07, 6.45) is 1.56. The van der Waals surface area contributed by atoms with Gasteiger partial charge in [-0.25, -0.2) is 0 Å². The van der Waals surface area contributed by atoms with Crippen LogP contribution in [0.2, 0.25) is 0 Å². The number of carbonyl (C=O) groups is 1. The van der Waals surface area contributed by atoms with Gasteiger partial charge < -0.3 is 9.64 Å². The lowest BCUT2D eigenvalue weighted by Gasteiger charge is -2.39. The van der Waals surface area contributed by atoms with E-state index in [1.54, 1.807) is 7.11 Å². The number of methoxy groups -OCH3 is 1. The number of rotatable bonds is 5. The topological polar surface area (TPSA) is 41.6 Å². The van der Waals surface area contributed by atoms with Crippen LogP contribution in [0.4, 0.5) is 0 Å². The van der Waals surface area contributed by atoms with Crippen molar-refractivity contribution in [1.29, 1.82) is 0 Å². The zero-order valence-corrected chi connectivity index (χ0v) is 18.4. The van der Waals surface area contributed by atoms with Gasteiger partial charge in [0.05, 0.1) is 12.6 Å². The molecule has 1 aliphatic heterocycles. The summed E-state index contributed by atoms with van der Waals surface area (Å²) in [4.78, 5) is 14.8. The number of carbonyl (C=O) groups excluding carboxylic acids is 1. The smallest absolute Gasteiger partial charge is 0.253 e. The second-order valence-corrected chi connectivity index (χ2v) is 8.06. The van der Waals surface area contributed by atoms with Crippen LogP contribution in [-0.4, -0.2) is 36.5 Å². The van der Waals surface area contributed by atoms with E-state index in [0.29, 0.717) is 19.6 Å². The normalized spacial score (nSPS) is 14.8. The molecule has 1 aliphatic rings. The molecule has 1 N–H and O–H groups in total. The van der Waals surface area contributed by atoms with Crippen molar-refractivity contribution in [2.24, 2.45) is 0 Å². The van der Waals surface area contributed by atoms with Gasteiger partial charge in [-0.15, -0.1) is 0 Å². The van der Waals surface area contributed by atoms with E-state index in [0.717, 1.165) is 29.7 Å². The predicted octanol–water partition coefficient (Wildman–Crippen LogP) is 4.51. The SMILES string of the molecule is COc1ccc(CNC2(C#Cc3ccccc3)CCN(C(=O)c3ccccc3)CC2)cc1. The van der Waals surface area contributed by atoms with Crippen LogP contribution >= 0.6 is 0 Å². The number of hydrogen-bond acceptors (Lipinski definition) is 3. The summed E-state index contributed by atoms with van der Waals surface area (Å²) >= 11 is 0. The molecular formula is C28H28N2O2. The first-order valence-corrected chi connectivity index (χ1v) is 11.0. The molecule has 32 heavy (non-hydrogen) atoms. The summed E-state index contributed by atoms with van der Waals surface area (Å²) in [5.74, 6) is 7.80. The molecule has 162 valence electrons. The summed E-state index contributed by atoms with van der Waals surface area (Å²) in [7, 11) is 1.67. The Morgan fingerprint density at radius 3 is 2.19 bits per heavy atom. The number of piperidine rings is 1. The Morgan fingerprint density at radius 2 is 1.56 bits per heavy atom. The number of benzene rings is 3. The highest BCUT2D eigenvalue weighted by molar-refractivity contribution is 5.94. The lowest BCUT2D eigenvalue weighted by atomic mass is 9.87. The molecule has 0 saturated carbocycles. The Labute approximate surface area is 190 Å². The molecule has 1 saturated heterocycles. The van der Waals surface area contributed by atoms with Gasteiger partial charge in [0.1, 0.15) is 5.75 Å². The van der Waals surface area contributed by atoms with Crippen molar-refractivity contribution in [3.63, 3.8) is 0 Å². The summed E-state index contributed by atoms with van der Waals surface area (Å²) in [5, 5.41) is 3.71. The maximum Gasteiger partial charge on any atom is 0.253 e.